The molecule has 1 aliphatic heterocycles. The molecule has 1 saturated heterocycles. The maximum absolute atomic E-state index is 12.3. The molecule has 1 atom stereocenters. The Morgan fingerprint density at radius 2 is 2.00 bits per heavy atom. The molecule has 4 heteroatoms. The fourth-order valence-electron chi connectivity index (χ4n) is 2.56. The summed E-state index contributed by atoms with van der Waals surface area (Å²) >= 11 is 0. The van der Waals surface area contributed by atoms with Gasteiger partial charge in [0.05, 0.1) is 0 Å². The van der Waals surface area contributed by atoms with E-state index in [-0.39, 0.29) is 17.9 Å². The Morgan fingerprint density at radius 1 is 1.33 bits per heavy atom. The second-order valence-electron chi connectivity index (χ2n) is 6.13. The number of carbonyl (C=O) groups is 2. The van der Waals surface area contributed by atoms with Crippen LogP contribution in [0.15, 0.2) is 24.3 Å². The van der Waals surface area contributed by atoms with Crippen LogP contribution in [0.5, 0.6) is 0 Å². The van der Waals surface area contributed by atoms with Gasteiger partial charge >= 0.3 is 0 Å². The summed E-state index contributed by atoms with van der Waals surface area (Å²) in [5.41, 5.74) is 1.95. The van der Waals surface area contributed by atoms with Gasteiger partial charge in [0, 0.05) is 18.7 Å². The summed E-state index contributed by atoms with van der Waals surface area (Å²) in [5.74, 6) is 0.550. The Labute approximate surface area is 126 Å². The molecule has 1 aromatic carbocycles. The van der Waals surface area contributed by atoms with Gasteiger partial charge in [0.2, 0.25) is 11.8 Å². The third kappa shape index (κ3) is 3.84. The summed E-state index contributed by atoms with van der Waals surface area (Å²) in [6.07, 6.45) is 1.99. The molecule has 0 aromatic heterocycles. The zero-order valence-electron chi connectivity index (χ0n) is 13.1. The Bertz CT molecular complexity index is 508. The number of nitrogens with one attached hydrogen (secondary N) is 1. The van der Waals surface area contributed by atoms with E-state index in [2.05, 4.69) is 19.2 Å². The van der Waals surface area contributed by atoms with E-state index in [1.54, 1.807) is 4.90 Å². The van der Waals surface area contributed by atoms with E-state index < -0.39 is 0 Å². The van der Waals surface area contributed by atoms with E-state index in [9.17, 15) is 9.59 Å². The molecule has 0 saturated carbocycles. The molecule has 1 aliphatic rings. The summed E-state index contributed by atoms with van der Waals surface area (Å²) in [7, 11) is 0. The predicted molar refractivity (Wildman–Crippen MR) is 84.2 cm³/mol. The number of aryl methyl sites for hydroxylation is 1. The zero-order chi connectivity index (χ0) is 15.4. The first-order valence-electron chi connectivity index (χ1n) is 7.65. The van der Waals surface area contributed by atoms with Crippen LogP contribution in [0.3, 0.4) is 0 Å². The van der Waals surface area contributed by atoms with E-state index in [4.69, 9.17) is 0 Å². The Balaban J connectivity index is 2.06. The molecule has 1 aromatic rings. The molecule has 114 valence electrons. The van der Waals surface area contributed by atoms with E-state index >= 15 is 0 Å². The summed E-state index contributed by atoms with van der Waals surface area (Å²) in [4.78, 5) is 26.1. The van der Waals surface area contributed by atoms with Crippen LogP contribution in [0.1, 0.15) is 38.7 Å². The van der Waals surface area contributed by atoms with Crippen molar-refractivity contribution in [2.45, 2.75) is 46.1 Å². The predicted octanol–water partition coefficient (Wildman–Crippen LogP) is 2.65. The number of rotatable bonds is 5. The van der Waals surface area contributed by atoms with Crippen molar-refractivity contribution in [3.63, 3.8) is 0 Å². The third-order valence-corrected chi connectivity index (χ3v) is 3.85. The van der Waals surface area contributed by atoms with Gasteiger partial charge in [0.25, 0.3) is 0 Å². The largest absolute Gasteiger partial charge is 0.354 e. The number of nitrogens with zero attached hydrogens (tertiary/aromatic N) is 1. The highest BCUT2D eigenvalue weighted by atomic mass is 16.2. The van der Waals surface area contributed by atoms with E-state index in [0.29, 0.717) is 25.3 Å². The lowest BCUT2D eigenvalue weighted by molar-refractivity contribution is -0.123. The van der Waals surface area contributed by atoms with Crippen molar-refractivity contribution in [2.75, 3.05) is 11.4 Å². The number of benzene rings is 1. The minimum atomic E-state index is -0.368. The average Bonchev–Trinajstić information content (AvgIpc) is 2.81. The molecule has 1 fully saturated rings. The second-order valence-corrected chi connectivity index (χ2v) is 6.13. The van der Waals surface area contributed by atoms with Crippen LogP contribution in [-0.4, -0.2) is 24.4 Å². The van der Waals surface area contributed by atoms with Crippen LogP contribution in [-0.2, 0) is 9.59 Å². The van der Waals surface area contributed by atoms with Crippen molar-refractivity contribution in [3.05, 3.63) is 29.8 Å². The number of carbonyl (C=O) groups excluding carboxylic acids is 2. The average molecular weight is 288 g/mol. The molecule has 0 bridgehead atoms. The minimum Gasteiger partial charge on any atom is -0.354 e. The molecule has 1 heterocycles. The van der Waals surface area contributed by atoms with Crippen molar-refractivity contribution < 1.29 is 9.59 Å². The van der Waals surface area contributed by atoms with Gasteiger partial charge in [0.15, 0.2) is 0 Å². The summed E-state index contributed by atoms with van der Waals surface area (Å²) in [5, 5.41) is 2.95. The molecule has 0 aliphatic carbocycles. The van der Waals surface area contributed by atoms with Gasteiger partial charge < -0.3 is 5.32 Å². The molecule has 0 spiro atoms. The van der Waals surface area contributed by atoms with Crippen LogP contribution in [0.2, 0.25) is 0 Å². The van der Waals surface area contributed by atoms with Gasteiger partial charge in [0.1, 0.15) is 6.04 Å². The SMILES string of the molecule is Cc1ccc(N2C(=O)CCC2C(=O)NCCC(C)C)cc1. The molecule has 2 rings (SSSR count). The Kier molecular flexibility index (Phi) is 4.99. The van der Waals surface area contributed by atoms with Gasteiger partial charge in [-0.1, -0.05) is 31.5 Å². The first-order valence-corrected chi connectivity index (χ1v) is 7.65. The number of hydrogen-bond acceptors (Lipinski definition) is 2. The number of hydrogen-bond donors (Lipinski definition) is 1. The molecule has 1 unspecified atom stereocenters. The maximum Gasteiger partial charge on any atom is 0.243 e. The molecular weight excluding hydrogens is 264 g/mol. The van der Waals surface area contributed by atoms with Crippen LogP contribution in [0.25, 0.3) is 0 Å². The van der Waals surface area contributed by atoms with E-state index in [1.807, 2.05) is 31.2 Å². The second kappa shape index (κ2) is 6.74. The number of anilines is 1. The summed E-state index contributed by atoms with van der Waals surface area (Å²) in [6, 6.07) is 7.39. The van der Waals surface area contributed by atoms with Crippen molar-refractivity contribution in [2.24, 2.45) is 5.92 Å². The fraction of sp³-hybridized carbons (Fsp3) is 0.529. The fourth-order valence-corrected chi connectivity index (χ4v) is 2.56. The first kappa shape index (κ1) is 15.5. The Morgan fingerprint density at radius 3 is 2.62 bits per heavy atom. The lowest BCUT2D eigenvalue weighted by Crippen LogP contribution is -2.45. The topological polar surface area (TPSA) is 49.4 Å². The highest BCUT2D eigenvalue weighted by Crippen LogP contribution is 2.27. The van der Waals surface area contributed by atoms with Gasteiger partial charge in [-0.25, -0.2) is 0 Å². The van der Waals surface area contributed by atoms with Crippen LogP contribution < -0.4 is 10.2 Å². The monoisotopic (exact) mass is 288 g/mol. The van der Waals surface area contributed by atoms with Gasteiger partial charge in [-0.3, -0.25) is 14.5 Å². The van der Waals surface area contributed by atoms with Crippen molar-refractivity contribution in [1.29, 1.82) is 0 Å². The van der Waals surface area contributed by atoms with Gasteiger partial charge in [-0.05, 0) is 37.8 Å². The zero-order valence-corrected chi connectivity index (χ0v) is 13.1. The van der Waals surface area contributed by atoms with Crippen molar-refractivity contribution >= 4 is 17.5 Å². The normalized spacial score (nSPS) is 18.4. The summed E-state index contributed by atoms with van der Waals surface area (Å²) in [6.45, 7) is 6.93. The standard InChI is InChI=1S/C17H24N2O2/c1-12(2)10-11-18-17(21)15-8-9-16(20)19(15)14-6-4-13(3)5-7-14/h4-7,12,15H,8-11H2,1-3H3,(H,18,21). The molecule has 1 N–H and O–H groups in total. The summed E-state index contributed by atoms with van der Waals surface area (Å²) < 4.78 is 0. The molecule has 2 amide bonds. The Hall–Kier alpha value is -1.84. The van der Waals surface area contributed by atoms with Crippen LogP contribution in [0, 0.1) is 12.8 Å². The smallest absolute Gasteiger partial charge is 0.243 e. The highest BCUT2D eigenvalue weighted by molar-refractivity contribution is 6.03. The lowest BCUT2D eigenvalue weighted by Gasteiger charge is -2.24. The molecular formula is C17H24N2O2. The quantitative estimate of drug-likeness (QED) is 0.905. The van der Waals surface area contributed by atoms with E-state index in [0.717, 1.165) is 17.7 Å². The van der Waals surface area contributed by atoms with Crippen molar-refractivity contribution in [1.82, 2.24) is 5.32 Å². The third-order valence-electron chi connectivity index (χ3n) is 3.85. The minimum absolute atomic E-state index is 0.0304. The lowest BCUT2D eigenvalue weighted by atomic mass is 10.1. The molecule has 4 nitrogen and oxygen atoms in total. The number of amides is 2. The van der Waals surface area contributed by atoms with Crippen molar-refractivity contribution in [3.8, 4) is 0 Å². The molecule has 21 heavy (non-hydrogen) atoms. The van der Waals surface area contributed by atoms with E-state index in [1.165, 1.54) is 0 Å². The highest BCUT2D eigenvalue weighted by Gasteiger charge is 2.36. The van der Waals surface area contributed by atoms with Gasteiger partial charge in [-0.2, -0.15) is 0 Å². The molecule has 0 radical (unpaired) electrons. The van der Waals surface area contributed by atoms with Gasteiger partial charge in [-0.15, -0.1) is 0 Å². The van der Waals surface area contributed by atoms with Crippen LogP contribution >= 0.6 is 0 Å². The first-order chi connectivity index (χ1) is 9.99. The maximum atomic E-state index is 12.3. The van der Waals surface area contributed by atoms with Crippen LogP contribution in [0.4, 0.5) is 5.69 Å².